The van der Waals surface area contributed by atoms with E-state index < -0.39 is 0 Å². The molecule has 116 valence electrons. The van der Waals surface area contributed by atoms with Crippen molar-refractivity contribution in [3.63, 3.8) is 0 Å². The van der Waals surface area contributed by atoms with Crippen LogP contribution in [0.5, 0.6) is 0 Å². The van der Waals surface area contributed by atoms with Gasteiger partial charge in [-0.2, -0.15) is 0 Å². The maximum atomic E-state index is 12.5. The first-order chi connectivity index (χ1) is 11.1. The number of nitrogens with one attached hydrogen (secondary N) is 3. The van der Waals surface area contributed by atoms with E-state index >= 15 is 0 Å². The third-order valence-corrected chi connectivity index (χ3v) is 3.92. The van der Waals surface area contributed by atoms with Crippen molar-refractivity contribution in [3.8, 4) is 0 Å². The molecule has 0 bridgehead atoms. The third kappa shape index (κ3) is 2.99. The Labute approximate surface area is 133 Å². The van der Waals surface area contributed by atoms with Gasteiger partial charge in [0.2, 0.25) is 0 Å². The minimum atomic E-state index is -0.388. The largest absolute Gasteiger partial charge is 0.345 e. The second kappa shape index (κ2) is 6.04. The molecule has 0 spiro atoms. The lowest BCUT2D eigenvalue weighted by atomic mass is 10.1. The van der Waals surface area contributed by atoms with E-state index in [0.29, 0.717) is 5.52 Å². The molecule has 0 aliphatic heterocycles. The van der Waals surface area contributed by atoms with Crippen molar-refractivity contribution in [2.75, 3.05) is 0 Å². The van der Waals surface area contributed by atoms with Crippen LogP contribution in [0.25, 0.3) is 10.9 Å². The van der Waals surface area contributed by atoms with E-state index in [-0.39, 0.29) is 23.1 Å². The molecular formula is C18H18N3O2+. The Balaban J connectivity index is 1.93. The highest BCUT2D eigenvalue weighted by atomic mass is 16.2. The van der Waals surface area contributed by atoms with Gasteiger partial charge in [0.15, 0.2) is 11.9 Å². The molecule has 1 aromatic carbocycles. The number of carbonyl (C=O) groups is 1. The number of aromatic amines is 2. The van der Waals surface area contributed by atoms with Crippen LogP contribution < -0.4 is 15.9 Å². The van der Waals surface area contributed by atoms with Crippen LogP contribution in [-0.2, 0) is 0 Å². The van der Waals surface area contributed by atoms with E-state index in [2.05, 4.69) is 15.3 Å². The van der Waals surface area contributed by atoms with Crippen LogP contribution in [0.1, 0.15) is 34.6 Å². The van der Waals surface area contributed by atoms with Crippen molar-refractivity contribution >= 4 is 16.8 Å². The number of fused-ring (bicyclic) bond motifs is 1. The highest BCUT2D eigenvalue weighted by Gasteiger charge is 2.16. The first kappa shape index (κ1) is 15.0. The second-order valence-electron chi connectivity index (χ2n) is 5.55. The normalized spacial score (nSPS) is 12.1. The maximum Gasteiger partial charge on any atom is 0.261 e. The van der Waals surface area contributed by atoms with Gasteiger partial charge in [-0.25, -0.2) is 4.98 Å². The number of rotatable bonds is 3. The van der Waals surface area contributed by atoms with Crippen molar-refractivity contribution in [1.29, 1.82) is 0 Å². The minimum Gasteiger partial charge on any atom is -0.345 e. The Morgan fingerprint density at radius 3 is 2.70 bits per heavy atom. The van der Waals surface area contributed by atoms with E-state index in [1.165, 1.54) is 0 Å². The zero-order chi connectivity index (χ0) is 16.4. The molecule has 0 fully saturated rings. The van der Waals surface area contributed by atoms with Crippen molar-refractivity contribution in [2.24, 2.45) is 0 Å². The Kier molecular flexibility index (Phi) is 3.93. The smallest absolute Gasteiger partial charge is 0.261 e. The monoisotopic (exact) mass is 308 g/mol. The van der Waals surface area contributed by atoms with E-state index in [0.717, 1.165) is 16.6 Å². The molecule has 3 N–H and O–H groups in total. The van der Waals surface area contributed by atoms with Crippen LogP contribution in [0, 0.1) is 6.92 Å². The number of H-pyrrole nitrogens is 2. The number of amides is 1. The lowest BCUT2D eigenvalue weighted by Crippen LogP contribution is -2.31. The molecule has 23 heavy (non-hydrogen) atoms. The predicted octanol–water partition coefficient (Wildman–Crippen LogP) is 2.14. The minimum absolute atomic E-state index is 0.114. The summed E-state index contributed by atoms with van der Waals surface area (Å²) >= 11 is 0. The molecule has 5 heteroatoms. The highest BCUT2D eigenvalue weighted by Crippen LogP contribution is 2.14. The fourth-order valence-electron chi connectivity index (χ4n) is 2.58. The molecular weight excluding hydrogens is 290 g/mol. The molecule has 0 saturated heterocycles. The van der Waals surface area contributed by atoms with Crippen LogP contribution in [0.2, 0.25) is 0 Å². The number of carbonyl (C=O) groups excluding carboxylic acids is 1. The van der Waals surface area contributed by atoms with Gasteiger partial charge in [-0.05, 0) is 18.6 Å². The highest BCUT2D eigenvalue weighted by molar-refractivity contribution is 5.97. The van der Waals surface area contributed by atoms with Gasteiger partial charge in [0.25, 0.3) is 11.5 Å². The number of hydrogen-bond donors (Lipinski definition) is 2. The van der Waals surface area contributed by atoms with E-state index in [1.54, 1.807) is 18.3 Å². The fourth-order valence-corrected chi connectivity index (χ4v) is 2.58. The molecule has 3 rings (SSSR count). The molecule has 0 saturated carbocycles. The standard InChI is InChI=1S/C18H17N3O2/c1-11(13-6-4-3-5-7-13)20-17(22)15-10-14-12(2)19-9-8-16(14)21-18(15)23/h3-11H,1-2H3,(H,20,22)(H,21,23)/p+1. The Hall–Kier alpha value is -2.95. The SMILES string of the molecule is Cc1[nH+]ccc2[nH]c(=O)c(C(=O)NC(C)c3ccccc3)cc12. The molecule has 0 radical (unpaired) electrons. The van der Waals surface area contributed by atoms with Crippen LogP contribution >= 0.6 is 0 Å². The lowest BCUT2D eigenvalue weighted by molar-refractivity contribution is -0.385. The van der Waals surface area contributed by atoms with Crippen molar-refractivity contribution < 1.29 is 9.78 Å². The van der Waals surface area contributed by atoms with Gasteiger partial charge in [0.1, 0.15) is 5.56 Å². The average molecular weight is 308 g/mol. The fraction of sp³-hybridized carbons (Fsp3) is 0.167. The van der Waals surface area contributed by atoms with Gasteiger partial charge in [0, 0.05) is 13.0 Å². The van der Waals surface area contributed by atoms with Gasteiger partial charge in [-0.15, -0.1) is 0 Å². The topological polar surface area (TPSA) is 76.1 Å². The van der Waals surface area contributed by atoms with E-state index in [1.807, 2.05) is 44.2 Å². The zero-order valence-electron chi connectivity index (χ0n) is 13.0. The van der Waals surface area contributed by atoms with Crippen LogP contribution in [0.3, 0.4) is 0 Å². The summed E-state index contributed by atoms with van der Waals surface area (Å²) in [6.45, 7) is 3.79. The summed E-state index contributed by atoms with van der Waals surface area (Å²) in [5, 5.41) is 3.69. The molecule has 0 aliphatic carbocycles. The molecule has 1 atom stereocenters. The second-order valence-corrected chi connectivity index (χ2v) is 5.55. The third-order valence-electron chi connectivity index (χ3n) is 3.92. The van der Waals surface area contributed by atoms with Crippen LogP contribution in [-0.4, -0.2) is 10.9 Å². The summed E-state index contributed by atoms with van der Waals surface area (Å²) < 4.78 is 0. The lowest BCUT2D eigenvalue weighted by Gasteiger charge is -2.14. The number of hydrogen-bond acceptors (Lipinski definition) is 2. The summed E-state index contributed by atoms with van der Waals surface area (Å²) in [6, 6.07) is 12.9. The van der Waals surface area contributed by atoms with Crippen molar-refractivity contribution in [1.82, 2.24) is 10.3 Å². The number of pyridine rings is 2. The molecule has 2 aromatic heterocycles. The van der Waals surface area contributed by atoms with Crippen molar-refractivity contribution in [2.45, 2.75) is 19.9 Å². The summed E-state index contributed by atoms with van der Waals surface area (Å²) in [5.74, 6) is -0.382. The molecule has 0 aliphatic rings. The molecule has 1 unspecified atom stereocenters. The van der Waals surface area contributed by atoms with Gasteiger partial charge in [0.05, 0.1) is 16.9 Å². The van der Waals surface area contributed by atoms with Crippen LogP contribution in [0.4, 0.5) is 0 Å². The average Bonchev–Trinajstić information content (AvgIpc) is 2.55. The summed E-state index contributed by atoms with van der Waals surface area (Å²) in [6.07, 6.45) is 1.75. The number of aryl methyl sites for hydroxylation is 1. The predicted molar refractivity (Wildman–Crippen MR) is 88.2 cm³/mol. The summed E-state index contributed by atoms with van der Waals surface area (Å²) in [4.78, 5) is 30.5. The Morgan fingerprint density at radius 2 is 1.96 bits per heavy atom. The quantitative estimate of drug-likeness (QED) is 0.778. The summed E-state index contributed by atoms with van der Waals surface area (Å²) in [7, 11) is 0. The van der Waals surface area contributed by atoms with E-state index in [9.17, 15) is 9.59 Å². The maximum absolute atomic E-state index is 12.5. The summed E-state index contributed by atoms with van der Waals surface area (Å²) in [5.41, 5.74) is 2.31. The van der Waals surface area contributed by atoms with Crippen LogP contribution in [0.15, 0.2) is 53.5 Å². The van der Waals surface area contributed by atoms with Gasteiger partial charge in [-0.3, -0.25) is 9.59 Å². The van der Waals surface area contributed by atoms with Crippen molar-refractivity contribution in [3.05, 3.63) is 75.8 Å². The molecule has 1 amide bonds. The molecule has 2 heterocycles. The van der Waals surface area contributed by atoms with Gasteiger partial charge in [-0.1, -0.05) is 30.3 Å². The zero-order valence-corrected chi connectivity index (χ0v) is 13.0. The Morgan fingerprint density at radius 1 is 1.22 bits per heavy atom. The number of aromatic nitrogens is 2. The Bertz CT molecular complexity index is 916. The van der Waals surface area contributed by atoms with Gasteiger partial charge < -0.3 is 10.3 Å². The molecule has 3 aromatic rings. The van der Waals surface area contributed by atoms with E-state index in [4.69, 9.17) is 0 Å². The molecule has 5 nitrogen and oxygen atoms in total. The number of benzene rings is 1. The first-order valence-corrected chi connectivity index (χ1v) is 7.46. The van der Waals surface area contributed by atoms with Gasteiger partial charge >= 0.3 is 0 Å². The first-order valence-electron chi connectivity index (χ1n) is 7.46.